The van der Waals surface area contributed by atoms with Gasteiger partial charge in [0.25, 0.3) is 0 Å². The van der Waals surface area contributed by atoms with E-state index < -0.39 is 0 Å². The van der Waals surface area contributed by atoms with Gasteiger partial charge in [0.05, 0.1) is 18.1 Å². The van der Waals surface area contributed by atoms with Gasteiger partial charge in [0, 0.05) is 19.1 Å². The van der Waals surface area contributed by atoms with Crippen molar-refractivity contribution in [3.05, 3.63) is 6.20 Å². The predicted molar refractivity (Wildman–Crippen MR) is 86.9 cm³/mol. The molecule has 2 fully saturated rings. The summed E-state index contributed by atoms with van der Waals surface area (Å²) in [5.74, 6) is 1.06. The number of rotatable bonds is 2. The Kier molecular flexibility index (Phi) is 3.51. The van der Waals surface area contributed by atoms with Crippen LogP contribution in [0.25, 0.3) is 11.0 Å². The molecule has 23 heavy (non-hydrogen) atoms. The second kappa shape index (κ2) is 5.68. The molecule has 3 heterocycles. The van der Waals surface area contributed by atoms with Gasteiger partial charge in [-0.2, -0.15) is 15.1 Å². The fraction of sp³-hybridized carbons (Fsp3) is 0.600. The molecular weight excluding hydrogens is 294 g/mol. The molecule has 0 unspecified atom stereocenters. The molecule has 0 bridgehead atoms. The summed E-state index contributed by atoms with van der Waals surface area (Å²) in [5, 5.41) is 7.61. The normalized spacial score (nSPS) is 20.4. The minimum absolute atomic E-state index is 0.178. The molecule has 2 aromatic heterocycles. The number of carbonyl (C=O) groups is 1. The first kappa shape index (κ1) is 14.2. The number of aromatic nitrogens is 4. The maximum Gasteiger partial charge on any atom is 0.242 e. The molecule has 1 aliphatic carbocycles. The zero-order chi connectivity index (χ0) is 15.8. The van der Waals surface area contributed by atoms with Crippen LogP contribution in [0.4, 0.5) is 11.8 Å². The fourth-order valence-corrected chi connectivity index (χ4v) is 3.72. The van der Waals surface area contributed by atoms with Crippen molar-refractivity contribution in [1.82, 2.24) is 25.1 Å². The molecule has 0 atom stereocenters. The van der Waals surface area contributed by atoms with Crippen LogP contribution < -0.4 is 10.6 Å². The largest absolute Gasteiger partial charge is 0.368 e. The minimum atomic E-state index is 0.178. The molecule has 1 saturated carbocycles. The number of nitrogen functional groups attached to an aromatic ring is 1. The van der Waals surface area contributed by atoms with Crippen LogP contribution in [0.1, 0.15) is 32.1 Å². The Bertz CT molecular complexity index is 722. The molecule has 3 N–H and O–H groups in total. The number of hydrogen-bond acceptors (Lipinski definition) is 6. The lowest BCUT2D eigenvalue weighted by Gasteiger charge is -2.41. The SMILES string of the molecule is Nc1nc(N2CCN(C3CCCCC3)C(=O)C2)c2cn[nH]c2n1. The average Bonchev–Trinajstić information content (AvgIpc) is 3.03. The second-order valence-corrected chi connectivity index (χ2v) is 6.34. The molecule has 8 nitrogen and oxygen atoms in total. The van der Waals surface area contributed by atoms with Crippen molar-refractivity contribution in [2.24, 2.45) is 0 Å². The second-order valence-electron chi connectivity index (χ2n) is 6.34. The highest BCUT2D eigenvalue weighted by molar-refractivity contribution is 5.91. The van der Waals surface area contributed by atoms with Gasteiger partial charge in [0.2, 0.25) is 11.9 Å². The van der Waals surface area contributed by atoms with Crippen molar-refractivity contribution >= 4 is 28.7 Å². The first-order chi connectivity index (χ1) is 11.2. The van der Waals surface area contributed by atoms with E-state index in [1.165, 1.54) is 19.3 Å². The van der Waals surface area contributed by atoms with Crippen molar-refractivity contribution in [2.75, 3.05) is 30.3 Å². The summed E-state index contributed by atoms with van der Waals surface area (Å²) in [6, 6.07) is 0.419. The topological polar surface area (TPSA) is 104 Å². The van der Waals surface area contributed by atoms with Gasteiger partial charge in [-0.15, -0.1) is 0 Å². The number of piperazine rings is 1. The van der Waals surface area contributed by atoms with Crippen LogP contribution in [-0.4, -0.2) is 56.6 Å². The van der Waals surface area contributed by atoms with Crippen molar-refractivity contribution in [3.63, 3.8) is 0 Å². The monoisotopic (exact) mass is 315 g/mol. The van der Waals surface area contributed by atoms with Crippen molar-refractivity contribution in [3.8, 4) is 0 Å². The lowest BCUT2D eigenvalue weighted by atomic mass is 9.93. The Morgan fingerprint density at radius 3 is 2.78 bits per heavy atom. The number of amides is 1. The third-order valence-electron chi connectivity index (χ3n) is 4.88. The summed E-state index contributed by atoms with van der Waals surface area (Å²) in [6.45, 7) is 1.85. The Labute approximate surface area is 134 Å². The zero-order valence-corrected chi connectivity index (χ0v) is 13.0. The van der Waals surface area contributed by atoms with Gasteiger partial charge in [-0.05, 0) is 12.8 Å². The van der Waals surface area contributed by atoms with Crippen LogP contribution in [0.5, 0.6) is 0 Å². The van der Waals surface area contributed by atoms with Crippen LogP contribution in [0.15, 0.2) is 6.20 Å². The van der Waals surface area contributed by atoms with Crippen LogP contribution in [0, 0.1) is 0 Å². The Morgan fingerprint density at radius 2 is 2.00 bits per heavy atom. The molecule has 2 aromatic rings. The molecule has 1 aliphatic heterocycles. The number of hydrogen-bond donors (Lipinski definition) is 2. The smallest absolute Gasteiger partial charge is 0.242 e. The average molecular weight is 315 g/mol. The number of H-pyrrole nitrogens is 1. The minimum Gasteiger partial charge on any atom is -0.368 e. The Morgan fingerprint density at radius 1 is 1.17 bits per heavy atom. The van der Waals surface area contributed by atoms with E-state index in [4.69, 9.17) is 5.73 Å². The van der Waals surface area contributed by atoms with Crippen molar-refractivity contribution in [1.29, 1.82) is 0 Å². The van der Waals surface area contributed by atoms with E-state index in [0.29, 0.717) is 24.1 Å². The molecule has 8 heteroatoms. The fourth-order valence-electron chi connectivity index (χ4n) is 3.72. The predicted octanol–water partition coefficient (Wildman–Crippen LogP) is 0.916. The van der Waals surface area contributed by atoms with E-state index in [1.54, 1.807) is 6.20 Å². The van der Waals surface area contributed by atoms with E-state index in [1.807, 2.05) is 4.90 Å². The molecule has 122 valence electrons. The molecule has 0 spiro atoms. The zero-order valence-electron chi connectivity index (χ0n) is 13.0. The van der Waals surface area contributed by atoms with E-state index in [2.05, 4.69) is 25.1 Å². The summed E-state index contributed by atoms with van der Waals surface area (Å²) >= 11 is 0. The lowest BCUT2D eigenvalue weighted by molar-refractivity contribution is -0.134. The highest BCUT2D eigenvalue weighted by Gasteiger charge is 2.31. The Hall–Kier alpha value is -2.38. The lowest BCUT2D eigenvalue weighted by Crippen LogP contribution is -2.54. The van der Waals surface area contributed by atoms with Crippen molar-refractivity contribution < 1.29 is 4.79 Å². The quantitative estimate of drug-likeness (QED) is 0.854. The van der Waals surface area contributed by atoms with Gasteiger partial charge in [-0.25, -0.2) is 0 Å². The summed E-state index contributed by atoms with van der Waals surface area (Å²) in [6.07, 6.45) is 7.72. The van der Waals surface area contributed by atoms with Crippen LogP contribution in [0.3, 0.4) is 0 Å². The van der Waals surface area contributed by atoms with Gasteiger partial charge < -0.3 is 15.5 Å². The number of aromatic amines is 1. The van der Waals surface area contributed by atoms with E-state index in [-0.39, 0.29) is 11.9 Å². The third-order valence-corrected chi connectivity index (χ3v) is 4.88. The summed E-state index contributed by atoms with van der Waals surface area (Å²) in [7, 11) is 0. The van der Waals surface area contributed by atoms with Gasteiger partial charge in [-0.1, -0.05) is 19.3 Å². The Balaban J connectivity index is 1.55. The number of nitrogens with one attached hydrogen (secondary N) is 1. The molecular formula is C15H21N7O. The molecule has 4 rings (SSSR count). The number of nitrogens with zero attached hydrogens (tertiary/aromatic N) is 5. The number of nitrogens with two attached hydrogens (primary N) is 1. The van der Waals surface area contributed by atoms with E-state index >= 15 is 0 Å². The van der Waals surface area contributed by atoms with Gasteiger partial charge in [0.15, 0.2) is 5.65 Å². The van der Waals surface area contributed by atoms with Crippen LogP contribution in [0.2, 0.25) is 0 Å². The third kappa shape index (κ3) is 2.58. The standard InChI is InChI=1S/C15H21N7O/c16-15-18-13-11(8-17-20-13)14(19-15)21-6-7-22(12(23)9-21)10-4-2-1-3-5-10/h8,10H,1-7,9H2,(H3,16,17,18,19,20). The van der Waals surface area contributed by atoms with Crippen LogP contribution >= 0.6 is 0 Å². The highest BCUT2D eigenvalue weighted by Crippen LogP contribution is 2.27. The summed E-state index contributed by atoms with van der Waals surface area (Å²) in [5.41, 5.74) is 6.38. The first-order valence-electron chi connectivity index (χ1n) is 8.23. The maximum absolute atomic E-state index is 12.6. The molecule has 0 radical (unpaired) electrons. The first-order valence-corrected chi connectivity index (χ1v) is 8.23. The summed E-state index contributed by atoms with van der Waals surface area (Å²) in [4.78, 5) is 25.1. The highest BCUT2D eigenvalue weighted by atomic mass is 16.2. The maximum atomic E-state index is 12.6. The molecule has 2 aliphatic rings. The van der Waals surface area contributed by atoms with Gasteiger partial charge in [0.1, 0.15) is 5.82 Å². The molecule has 0 aromatic carbocycles. The summed E-state index contributed by atoms with van der Waals surface area (Å²) < 4.78 is 0. The van der Waals surface area contributed by atoms with E-state index in [0.717, 1.165) is 31.3 Å². The van der Waals surface area contributed by atoms with Crippen molar-refractivity contribution in [2.45, 2.75) is 38.1 Å². The molecule has 1 saturated heterocycles. The van der Waals surface area contributed by atoms with Crippen LogP contribution in [-0.2, 0) is 4.79 Å². The number of carbonyl (C=O) groups excluding carboxylic acids is 1. The number of anilines is 2. The van der Waals surface area contributed by atoms with Gasteiger partial charge >= 0.3 is 0 Å². The van der Waals surface area contributed by atoms with Gasteiger partial charge in [-0.3, -0.25) is 9.89 Å². The molecule has 1 amide bonds. The van der Waals surface area contributed by atoms with E-state index in [9.17, 15) is 4.79 Å². The number of fused-ring (bicyclic) bond motifs is 1.